The summed E-state index contributed by atoms with van der Waals surface area (Å²) in [5, 5.41) is 9.37. The van der Waals surface area contributed by atoms with Gasteiger partial charge >= 0.3 is 0 Å². The van der Waals surface area contributed by atoms with Crippen molar-refractivity contribution in [3.05, 3.63) is 36.2 Å². The molecular formula is C13H18N4S. The lowest BCUT2D eigenvalue weighted by Crippen LogP contribution is -2.15. The van der Waals surface area contributed by atoms with Crippen LogP contribution in [0, 0.1) is 6.92 Å². The second kappa shape index (κ2) is 6.02. The number of para-hydroxylation sites is 1. The molecule has 5 heteroatoms. The number of benzene rings is 1. The maximum absolute atomic E-state index is 4.25. The number of hydrogen-bond acceptors (Lipinski definition) is 4. The highest BCUT2D eigenvalue weighted by molar-refractivity contribution is 7.99. The third kappa shape index (κ3) is 3.11. The standard InChI is InChI=1S/C13H18N4S/c1-11-14-15-13(18-10-9-16(2)3)17(11)12-7-5-4-6-8-12/h4-8H,9-10H2,1-3H3. The molecule has 2 aromatic rings. The topological polar surface area (TPSA) is 34.0 Å². The summed E-state index contributed by atoms with van der Waals surface area (Å²) in [7, 11) is 4.15. The molecule has 1 aromatic carbocycles. The van der Waals surface area contributed by atoms with Crippen LogP contribution < -0.4 is 0 Å². The number of aromatic nitrogens is 3. The molecule has 1 aromatic heterocycles. The zero-order chi connectivity index (χ0) is 13.0. The molecule has 0 atom stereocenters. The van der Waals surface area contributed by atoms with Crippen LogP contribution in [0.3, 0.4) is 0 Å². The van der Waals surface area contributed by atoms with Crippen LogP contribution >= 0.6 is 11.8 Å². The minimum absolute atomic E-state index is 0.925. The summed E-state index contributed by atoms with van der Waals surface area (Å²) in [6.07, 6.45) is 0. The minimum Gasteiger partial charge on any atom is -0.309 e. The molecule has 0 fully saturated rings. The normalized spacial score (nSPS) is 11.1. The Kier molecular flexibility index (Phi) is 4.38. The third-order valence-corrected chi connectivity index (χ3v) is 3.49. The molecule has 0 saturated heterocycles. The highest BCUT2D eigenvalue weighted by atomic mass is 32.2. The first-order chi connectivity index (χ1) is 8.68. The Morgan fingerprint density at radius 2 is 1.89 bits per heavy atom. The van der Waals surface area contributed by atoms with Gasteiger partial charge in [-0.05, 0) is 33.2 Å². The Morgan fingerprint density at radius 3 is 2.56 bits per heavy atom. The van der Waals surface area contributed by atoms with Crippen LogP contribution in [0.5, 0.6) is 0 Å². The summed E-state index contributed by atoms with van der Waals surface area (Å²) < 4.78 is 2.10. The molecule has 0 bridgehead atoms. The lowest BCUT2D eigenvalue weighted by Gasteiger charge is -2.10. The first-order valence-electron chi connectivity index (χ1n) is 5.93. The molecule has 18 heavy (non-hydrogen) atoms. The summed E-state index contributed by atoms with van der Waals surface area (Å²) >= 11 is 1.74. The fourth-order valence-electron chi connectivity index (χ4n) is 1.63. The molecule has 0 radical (unpaired) electrons. The molecular weight excluding hydrogens is 244 g/mol. The summed E-state index contributed by atoms with van der Waals surface area (Å²) in [5.41, 5.74) is 1.12. The number of hydrogen-bond donors (Lipinski definition) is 0. The van der Waals surface area contributed by atoms with Crippen LogP contribution in [-0.2, 0) is 0 Å². The van der Waals surface area contributed by atoms with E-state index in [0.29, 0.717) is 0 Å². The van der Waals surface area contributed by atoms with Gasteiger partial charge in [0.05, 0.1) is 0 Å². The molecule has 2 rings (SSSR count). The molecule has 0 aliphatic heterocycles. The van der Waals surface area contributed by atoms with Crippen molar-refractivity contribution in [2.24, 2.45) is 0 Å². The van der Waals surface area contributed by atoms with Gasteiger partial charge in [0.15, 0.2) is 5.16 Å². The van der Waals surface area contributed by atoms with Gasteiger partial charge in [0.1, 0.15) is 5.82 Å². The molecule has 0 saturated carbocycles. The van der Waals surface area contributed by atoms with Crippen molar-refractivity contribution in [2.45, 2.75) is 12.1 Å². The van der Waals surface area contributed by atoms with Crippen LogP contribution in [0.2, 0.25) is 0 Å². The van der Waals surface area contributed by atoms with Crippen molar-refractivity contribution in [3.63, 3.8) is 0 Å². The predicted molar refractivity (Wildman–Crippen MR) is 75.4 cm³/mol. The van der Waals surface area contributed by atoms with Gasteiger partial charge in [-0.1, -0.05) is 30.0 Å². The number of nitrogens with zero attached hydrogens (tertiary/aromatic N) is 4. The third-order valence-electron chi connectivity index (χ3n) is 2.58. The van der Waals surface area contributed by atoms with Gasteiger partial charge in [0.2, 0.25) is 0 Å². The van der Waals surface area contributed by atoms with Crippen molar-refractivity contribution < 1.29 is 0 Å². The van der Waals surface area contributed by atoms with E-state index >= 15 is 0 Å². The van der Waals surface area contributed by atoms with Crippen LogP contribution in [0.1, 0.15) is 5.82 Å². The molecule has 96 valence electrons. The van der Waals surface area contributed by atoms with Gasteiger partial charge in [-0.2, -0.15) is 0 Å². The average molecular weight is 262 g/mol. The van der Waals surface area contributed by atoms with Crippen LogP contribution in [0.15, 0.2) is 35.5 Å². The number of aryl methyl sites for hydroxylation is 1. The minimum atomic E-state index is 0.925. The summed E-state index contributed by atoms with van der Waals surface area (Å²) in [5.74, 6) is 1.94. The zero-order valence-corrected chi connectivity index (χ0v) is 11.8. The van der Waals surface area contributed by atoms with E-state index in [1.807, 2.05) is 25.1 Å². The quantitative estimate of drug-likeness (QED) is 0.774. The van der Waals surface area contributed by atoms with Crippen LogP contribution in [0.4, 0.5) is 0 Å². The fourth-order valence-corrected chi connectivity index (χ4v) is 2.73. The molecule has 0 aliphatic rings. The van der Waals surface area contributed by atoms with E-state index in [1.54, 1.807) is 11.8 Å². The Morgan fingerprint density at radius 1 is 1.17 bits per heavy atom. The Hall–Kier alpha value is -1.33. The average Bonchev–Trinajstić information content (AvgIpc) is 2.71. The molecule has 0 unspecified atom stereocenters. The first kappa shape index (κ1) is 13.1. The van der Waals surface area contributed by atoms with Crippen molar-refractivity contribution >= 4 is 11.8 Å². The van der Waals surface area contributed by atoms with Crippen molar-refractivity contribution in [1.29, 1.82) is 0 Å². The van der Waals surface area contributed by atoms with Gasteiger partial charge in [-0.15, -0.1) is 10.2 Å². The second-order valence-electron chi connectivity index (χ2n) is 4.35. The van der Waals surface area contributed by atoms with E-state index in [0.717, 1.165) is 29.0 Å². The largest absolute Gasteiger partial charge is 0.309 e. The smallest absolute Gasteiger partial charge is 0.195 e. The van der Waals surface area contributed by atoms with E-state index < -0.39 is 0 Å². The Bertz CT molecular complexity index is 493. The van der Waals surface area contributed by atoms with Gasteiger partial charge in [0, 0.05) is 18.0 Å². The summed E-state index contributed by atoms with van der Waals surface area (Å²) in [6.45, 7) is 3.02. The highest BCUT2D eigenvalue weighted by Crippen LogP contribution is 2.21. The maximum atomic E-state index is 4.25. The second-order valence-corrected chi connectivity index (χ2v) is 5.41. The lowest BCUT2D eigenvalue weighted by atomic mass is 10.3. The van der Waals surface area contributed by atoms with E-state index in [-0.39, 0.29) is 0 Å². The fraction of sp³-hybridized carbons (Fsp3) is 0.385. The molecule has 1 heterocycles. The predicted octanol–water partition coefficient (Wildman–Crippen LogP) is 2.23. The van der Waals surface area contributed by atoms with Gasteiger partial charge in [0.25, 0.3) is 0 Å². The van der Waals surface area contributed by atoms with E-state index in [2.05, 4.69) is 45.9 Å². The van der Waals surface area contributed by atoms with E-state index in [1.165, 1.54) is 0 Å². The van der Waals surface area contributed by atoms with Crippen molar-refractivity contribution in [2.75, 3.05) is 26.4 Å². The molecule has 0 aliphatic carbocycles. The number of rotatable bonds is 5. The first-order valence-corrected chi connectivity index (χ1v) is 6.92. The molecule has 0 amide bonds. The maximum Gasteiger partial charge on any atom is 0.195 e. The van der Waals surface area contributed by atoms with Gasteiger partial charge in [-0.25, -0.2) is 0 Å². The Labute approximate surface area is 112 Å². The van der Waals surface area contributed by atoms with Gasteiger partial charge in [-0.3, -0.25) is 4.57 Å². The number of thioether (sulfide) groups is 1. The lowest BCUT2D eigenvalue weighted by molar-refractivity contribution is 0.437. The molecule has 4 nitrogen and oxygen atoms in total. The molecule has 0 N–H and O–H groups in total. The Balaban J connectivity index is 2.17. The highest BCUT2D eigenvalue weighted by Gasteiger charge is 2.10. The molecule has 0 spiro atoms. The zero-order valence-electron chi connectivity index (χ0n) is 11.0. The van der Waals surface area contributed by atoms with Crippen molar-refractivity contribution in [1.82, 2.24) is 19.7 Å². The van der Waals surface area contributed by atoms with E-state index in [4.69, 9.17) is 0 Å². The SMILES string of the molecule is Cc1nnc(SCCN(C)C)n1-c1ccccc1. The van der Waals surface area contributed by atoms with Crippen LogP contribution in [-0.4, -0.2) is 46.1 Å². The summed E-state index contributed by atoms with van der Waals surface area (Å²) in [4.78, 5) is 2.17. The van der Waals surface area contributed by atoms with Crippen LogP contribution in [0.25, 0.3) is 5.69 Å². The van der Waals surface area contributed by atoms with Gasteiger partial charge < -0.3 is 4.90 Å². The van der Waals surface area contributed by atoms with Crippen molar-refractivity contribution in [3.8, 4) is 5.69 Å². The van der Waals surface area contributed by atoms with E-state index in [9.17, 15) is 0 Å². The summed E-state index contributed by atoms with van der Waals surface area (Å²) in [6, 6.07) is 10.2. The monoisotopic (exact) mass is 262 g/mol.